The lowest BCUT2D eigenvalue weighted by molar-refractivity contribution is -0.142. The predicted octanol–water partition coefficient (Wildman–Crippen LogP) is 2.84. The normalized spacial score (nSPS) is 10.3. The Labute approximate surface area is 156 Å². The van der Waals surface area contributed by atoms with Gasteiger partial charge < -0.3 is 19.5 Å². The van der Waals surface area contributed by atoms with Gasteiger partial charge in [0.1, 0.15) is 0 Å². The van der Waals surface area contributed by atoms with Crippen LogP contribution in [0, 0.1) is 0 Å². The van der Waals surface area contributed by atoms with Crippen LogP contribution in [0.3, 0.4) is 0 Å². The van der Waals surface area contributed by atoms with E-state index in [2.05, 4.69) is 10.3 Å². The standard InChI is InChI=1S/C18H22N2O5S/c1-4-25-16(22)10-13-11-26-18(19-13)20-15(21)9-8-12-6-5-7-14(23-2)17(12)24-3/h5-7,11H,4,8-10H2,1-3H3,(H,19,20,21). The average Bonchev–Trinajstić information content (AvgIpc) is 3.06. The van der Waals surface area contributed by atoms with Gasteiger partial charge in [-0.05, 0) is 25.0 Å². The lowest BCUT2D eigenvalue weighted by Crippen LogP contribution is -2.13. The molecule has 0 fully saturated rings. The van der Waals surface area contributed by atoms with Crippen molar-refractivity contribution in [1.29, 1.82) is 0 Å². The number of hydrogen-bond donors (Lipinski definition) is 1. The van der Waals surface area contributed by atoms with E-state index in [-0.39, 0.29) is 24.7 Å². The molecule has 0 bridgehead atoms. The third-order valence-corrected chi connectivity index (χ3v) is 4.34. The molecule has 0 aliphatic rings. The van der Waals surface area contributed by atoms with E-state index < -0.39 is 0 Å². The topological polar surface area (TPSA) is 86.8 Å². The van der Waals surface area contributed by atoms with Gasteiger partial charge in [0.2, 0.25) is 5.91 Å². The number of thiazole rings is 1. The van der Waals surface area contributed by atoms with Crippen LogP contribution in [0.25, 0.3) is 0 Å². The van der Waals surface area contributed by atoms with Gasteiger partial charge in [-0.15, -0.1) is 11.3 Å². The van der Waals surface area contributed by atoms with Crippen LogP contribution in [0.2, 0.25) is 0 Å². The number of amides is 1. The number of carbonyl (C=O) groups is 2. The van der Waals surface area contributed by atoms with E-state index >= 15 is 0 Å². The third-order valence-electron chi connectivity index (χ3n) is 3.53. The number of aryl methyl sites for hydroxylation is 1. The SMILES string of the molecule is CCOC(=O)Cc1csc(NC(=O)CCc2cccc(OC)c2OC)n1. The molecule has 2 rings (SSSR count). The molecule has 1 amide bonds. The molecule has 1 aromatic heterocycles. The second-order valence-electron chi connectivity index (χ2n) is 5.33. The molecule has 0 unspecified atom stereocenters. The van der Waals surface area contributed by atoms with Gasteiger partial charge in [0, 0.05) is 11.8 Å². The summed E-state index contributed by atoms with van der Waals surface area (Å²) in [6.45, 7) is 2.09. The Balaban J connectivity index is 1.90. The Morgan fingerprint density at radius 2 is 2.04 bits per heavy atom. The van der Waals surface area contributed by atoms with Crippen molar-refractivity contribution >= 4 is 28.3 Å². The second kappa shape index (κ2) is 9.76. The maximum Gasteiger partial charge on any atom is 0.311 e. The zero-order valence-electron chi connectivity index (χ0n) is 15.0. The third kappa shape index (κ3) is 5.45. The van der Waals surface area contributed by atoms with Gasteiger partial charge in [-0.2, -0.15) is 0 Å². The van der Waals surface area contributed by atoms with Crippen molar-refractivity contribution in [2.75, 3.05) is 26.1 Å². The summed E-state index contributed by atoms with van der Waals surface area (Å²) < 4.78 is 15.5. The molecule has 2 aromatic rings. The van der Waals surface area contributed by atoms with E-state index in [1.165, 1.54) is 11.3 Å². The number of esters is 1. The largest absolute Gasteiger partial charge is 0.493 e. The van der Waals surface area contributed by atoms with E-state index in [9.17, 15) is 9.59 Å². The van der Waals surface area contributed by atoms with E-state index in [4.69, 9.17) is 14.2 Å². The number of para-hydroxylation sites is 1. The molecule has 1 heterocycles. The maximum atomic E-state index is 12.2. The predicted molar refractivity (Wildman–Crippen MR) is 98.9 cm³/mol. The fraction of sp³-hybridized carbons (Fsp3) is 0.389. The number of rotatable bonds is 9. The van der Waals surface area contributed by atoms with E-state index in [0.717, 1.165) is 5.56 Å². The van der Waals surface area contributed by atoms with Crippen LogP contribution >= 0.6 is 11.3 Å². The maximum absolute atomic E-state index is 12.2. The summed E-state index contributed by atoms with van der Waals surface area (Å²) in [4.78, 5) is 27.8. The van der Waals surface area contributed by atoms with Crippen LogP contribution in [0.4, 0.5) is 5.13 Å². The average molecular weight is 378 g/mol. The first-order valence-electron chi connectivity index (χ1n) is 8.17. The monoisotopic (exact) mass is 378 g/mol. The lowest BCUT2D eigenvalue weighted by Gasteiger charge is -2.12. The first-order chi connectivity index (χ1) is 12.6. The minimum atomic E-state index is -0.333. The molecule has 26 heavy (non-hydrogen) atoms. The molecule has 0 aliphatic carbocycles. The zero-order chi connectivity index (χ0) is 18.9. The highest BCUT2D eigenvalue weighted by atomic mass is 32.1. The van der Waals surface area contributed by atoms with Crippen molar-refractivity contribution in [3.8, 4) is 11.5 Å². The molecule has 0 aliphatic heterocycles. The molecular formula is C18H22N2O5S. The Hall–Kier alpha value is -2.61. The highest BCUT2D eigenvalue weighted by Gasteiger charge is 2.13. The molecule has 0 saturated carbocycles. The van der Waals surface area contributed by atoms with Crippen molar-refractivity contribution < 1.29 is 23.8 Å². The van der Waals surface area contributed by atoms with Crippen LogP contribution in [0.15, 0.2) is 23.6 Å². The molecule has 0 atom stereocenters. The minimum Gasteiger partial charge on any atom is -0.493 e. The van der Waals surface area contributed by atoms with Gasteiger partial charge >= 0.3 is 5.97 Å². The van der Waals surface area contributed by atoms with E-state index in [0.29, 0.717) is 35.4 Å². The zero-order valence-corrected chi connectivity index (χ0v) is 15.9. The Morgan fingerprint density at radius 1 is 1.23 bits per heavy atom. The van der Waals surface area contributed by atoms with Gasteiger partial charge in [-0.25, -0.2) is 4.98 Å². The van der Waals surface area contributed by atoms with Crippen molar-refractivity contribution in [2.45, 2.75) is 26.2 Å². The van der Waals surface area contributed by atoms with E-state index in [1.807, 2.05) is 18.2 Å². The summed E-state index contributed by atoms with van der Waals surface area (Å²) in [6.07, 6.45) is 0.880. The Kier molecular flexibility index (Phi) is 7.40. The molecule has 0 saturated heterocycles. The van der Waals surface area contributed by atoms with Crippen LogP contribution in [0.1, 0.15) is 24.6 Å². The van der Waals surface area contributed by atoms with Crippen LogP contribution < -0.4 is 14.8 Å². The van der Waals surface area contributed by atoms with Crippen molar-refractivity contribution in [3.05, 3.63) is 34.8 Å². The van der Waals surface area contributed by atoms with Crippen molar-refractivity contribution in [3.63, 3.8) is 0 Å². The van der Waals surface area contributed by atoms with Crippen molar-refractivity contribution in [1.82, 2.24) is 4.98 Å². The molecule has 140 valence electrons. The van der Waals surface area contributed by atoms with Crippen LogP contribution in [-0.4, -0.2) is 37.7 Å². The molecule has 1 N–H and O–H groups in total. The number of nitrogens with zero attached hydrogens (tertiary/aromatic N) is 1. The summed E-state index contributed by atoms with van der Waals surface area (Å²) in [6, 6.07) is 5.57. The summed E-state index contributed by atoms with van der Waals surface area (Å²) in [5, 5.41) is 4.95. The number of anilines is 1. The number of carbonyl (C=O) groups excluding carboxylic acids is 2. The van der Waals surface area contributed by atoms with Gasteiger partial charge in [-0.3, -0.25) is 9.59 Å². The van der Waals surface area contributed by atoms with Crippen LogP contribution in [-0.2, 0) is 27.2 Å². The second-order valence-corrected chi connectivity index (χ2v) is 6.18. The number of aromatic nitrogens is 1. The Morgan fingerprint density at radius 3 is 2.73 bits per heavy atom. The van der Waals surface area contributed by atoms with Crippen LogP contribution in [0.5, 0.6) is 11.5 Å². The number of nitrogens with one attached hydrogen (secondary N) is 1. The van der Waals surface area contributed by atoms with Gasteiger partial charge in [0.25, 0.3) is 0 Å². The highest BCUT2D eigenvalue weighted by Crippen LogP contribution is 2.31. The number of benzene rings is 1. The molecular weight excluding hydrogens is 356 g/mol. The first-order valence-corrected chi connectivity index (χ1v) is 9.05. The number of hydrogen-bond acceptors (Lipinski definition) is 7. The quantitative estimate of drug-likeness (QED) is 0.675. The number of methoxy groups -OCH3 is 2. The molecule has 0 radical (unpaired) electrons. The highest BCUT2D eigenvalue weighted by molar-refractivity contribution is 7.13. The van der Waals surface area contributed by atoms with Crippen molar-refractivity contribution in [2.24, 2.45) is 0 Å². The summed E-state index contributed by atoms with van der Waals surface area (Å²) in [5.74, 6) is 0.774. The molecule has 0 spiro atoms. The smallest absolute Gasteiger partial charge is 0.311 e. The fourth-order valence-electron chi connectivity index (χ4n) is 2.39. The summed E-state index contributed by atoms with van der Waals surface area (Å²) in [5.41, 5.74) is 1.47. The van der Waals surface area contributed by atoms with E-state index in [1.54, 1.807) is 26.5 Å². The molecule has 1 aromatic carbocycles. The fourth-order valence-corrected chi connectivity index (χ4v) is 3.11. The number of ether oxygens (including phenoxy) is 3. The van der Waals surface area contributed by atoms with Gasteiger partial charge in [0.05, 0.1) is 32.9 Å². The van der Waals surface area contributed by atoms with Gasteiger partial charge in [0.15, 0.2) is 16.6 Å². The Bertz CT molecular complexity index is 760. The summed E-state index contributed by atoms with van der Waals surface area (Å²) in [7, 11) is 3.15. The molecule has 7 nitrogen and oxygen atoms in total. The lowest BCUT2D eigenvalue weighted by atomic mass is 10.1. The minimum absolute atomic E-state index is 0.0984. The summed E-state index contributed by atoms with van der Waals surface area (Å²) >= 11 is 1.28. The molecule has 8 heteroatoms. The van der Waals surface area contributed by atoms with Gasteiger partial charge in [-0.1, -0.05) is 12.1 Å². The first kappa shape index (κ1) is 19.7.